The minimum atomic E-state index is -0.763. The fraction of sp³-hybridized carbons (Fsp3) is 0.304. The predicted octanol–water partition coefficient (Wildman–Crippen LogP) is 4.22. The number of nitriles is 1. The third-order valence-corrected chi connectivity index (χ3v) is 4.75. The smallest absolute Gasteiger partial charge is 0.303 e. The Morgan fingerprint density at radius 1 is 1.14 bits per heavy atom. The highest BCUT2D eigenvalue weighted by Gasteiger charge is 2.15. The molecule has 2 aromatic carbocycles. The largest absolute Gasteiger partial charge is 0.489 e. The first-order valence-corrected chi connectivity index (χ1v) is 9.38. The van der Waals surface area contributed by atoms with Gasteiger partial charge in [0.2, 0.25) is 0 Å². The van der Waals surface area contributed by atoms with Crippen LogP contribution in [0.2, 0.25) is 0 Å². The van der Waals surface area contributed by atoms with Crippen LogP contribution in [0, 0.1) is 11.3 Å². The Labute approximate surface area is 164 Å². The maximum Gasteiger partial charge on any atom is 0.303 e. The number of hydrogen-bond acceptors (Lipinski definition) is 4. The van der Waals surface area contributed by atoms with E-state index in [9.17, 15) is 4.79 Å². The zero-order valence-corrected chi connectivity index (χ0v) is 15.7. The molecule has 5 nitrogen and oxygen atoms in total. The van der Waals surface area contributed by atoms with Crippen LogP contribution in [-0.2, 0) is 16.0 Å². The average Bonchev–Trinajstić information content (AvgIpc) is 2.73. The Kier molecular flexibility index (Phi) is 6.83. The maximum absolute atomic E-state index is 10.6. The van der Waals surface area contributed by atoms with Crippen molar-refractivity contribution in [2.24, 2.45) is 0 Å². The molecule has 0 unspecified atom stereocenters. The molecule has 0 amide bonds. The van der Waals surface area contributed by atoms with E-state index in [-0.39, 0.29) is 6.42 Å². The Morgan fingerprint density at radius 2 is 1.89 bits per heavy atom. The third kappa shape index (κ3) is 5.45. The van der Waals surface area contributed by atoms with Crippen LogP contribution in [0.3, 0.4) is 0 Å². The van der Waals surface area contributed by atoms with Gasteiger partial charge in [-0.25, -0.2) is 0 Å². The molecule has 0 aliphatic carbocycles. The topological polar surface area (TPSA) is 79.5 Å². The van der Waals surface area contributed by atoms with E-state index in [4.69, 9.17) is 19.8 Å². The summed E-state index contributed by atoms with van der Waals surface area (Å²) in [7, 11) is 0. The molecule has 3 rings (SSSR count). The van der Waals surface area contributed by atoms with Gasteiger partial charge in [0.05, 0.1) is 24.8 Å². The highest BCUT2D eigenvalue weighted by Crippen LogP contribution is 2.27. The molecule has 0 saturated heterocycles. The van der Waals surface area contributed by atoms with E-state index >= 15 is 0 Å². The van der Waals surface area contributed by atoms with Crippen LogP contribution in [0.4, 0.5) is 0 Å². The number of carbonyl (C=O) groups is 1. The molecule has 1 aliphatic rings. The van der Waals surface area contributed by atoms with Crippen LogP contribution >= 0.6 is 0 Å². The molecule has 0 bridgehead atoms. The highest BCUT2D eigenvalue weighted by molar-refractivity contribution is 5.70. The summed E-state index contributed by atoms with van der Waals surface area (Å²) in [6, 6.07) is 17.6. The van der Waals surface area contributed by atoms with Crippen molar-refractivity contribution in [3.05, 3.63) is 70.8 Å². The summed E-state index contributed by atoms with van der Waals surface area (Å²) in [5.41, 5.74) is 5.20. The maximum atomic E-state index is 10.6. The summed E-state index contributed by atoms with van der Waals surface area (Å²) in [4.78, 5) is 10.6. The van der Waals surface area contributed by atoms with E-state index in [0.717, 1.165) is 35.3 Å². The van der Waals surface area contributed by atoms with Gasteiger partial charge >= 0.3 is 5.97 Å². The number of nitrogens with zero attached hydrogens (tertiary/aromatic N) is 1. The summed E-state index contributed by atoms with van der Waals surface area (Å²) in [5.74, 6) is 0.0141. The summed E-state index contributed by atoms with van der Waals surface area (Å²) in [5, 5.41) is 17.7. The molecule has 0 aromatic heterocycles. The predicted molar refractivity (Wildman–Crippen MR) is 106 cm³/mol. The van der Waals surface area contributed by atoms with Gasteiger partial charge in [0, 0.05) is 6.42 Å². The lowest BCUT2D eigenvalue weighted by Crippen LogP contribution is -2.16. The van der Waals surface area contributed by atoms with Gasteiger partial charge in [-0.15, -0.1) is 0 Å². The van der Waals surface area contributed by atoms with Crippen LogP contribution in [0.5, 0.6) is 5.75 Å². The molecular weight excluding hydrogens is 354 g/mol. The number of aryl methyl sites for hydroxylation is 1. The normalized spacial score (nSPS) is 13.8. The van der Waals surface area contributed by atoms with Crippen LogP contribution < -0.4 is 4.74 Å². The molecule has 2 aromatic rings. The van der Waals surface area contributed by atoms with E-state index in [2.05, 4.69) is 6.07 Å². The fourth-order valence-electron chi connectivity index (χ4n) is 3.22. The molecule has 1 N–H and O–H groups in total. The Hall–Kier alpha value is -3.10. The lowest BCUT2D eigenvalue weighted by Gasteiger charge is -2.21. The minimum Gasteiger partial charge on any atom is -0.489 e. The SMILES string of the molecule is N#Cc1ccc(C2=C(COc3ccc(CCCC(=O)O)cc3)COCC2)cc1. The van der Waals surface area contributed by atoms with Gasteiger partial charge in [-0.1, -0.05) is 24.3 Å². The molecular formula is C23H23NO4. The van der Waals surface area contributed by atoms with Gasteiger partial charge in [0.25, 0.3) is 0 Å². The van der Waals surface area contributed by atoms with E-state index in [1.54, 1.807) is 0 Å². The summed E-state index contributed by atoms with van der Waals surface area (Å²) in [6.07, 6.45) is 2.39. The van der Waals surface area contributed by atoms with E-state index in [1.807, 2.05) is 48.5 Å². The molecule has 1 aliphatic heterocycles. The molecule has 0 fully saturated rings. The Morgan fingerprint density at radius 3 is 2.57 bits per heavy atom. The number of carboxylic acids is 1. The summed E-state index contributed by atoms with van der Waals surface area (Å²) < 4.78 is 11.6. The van der Waals surface area contributed by atoms with Gasteiger partial charge < -0.3 is 14.6 Å². The lowest BCUT2D eigenvalue weighted by atomic mass is 9.95. The molecule has 0 saturated carbocycles. The fourth-order valence-corrected chi connectivity index (χ4v) is 3.22. The van der Waals surface area contributed by atoms with Crippen LogP contribution in [0.15, 0.2) is 54.1 Å². The monoisotopic (exact) mass is 377 g/mol. The number of ether oxygens (including phenoxy) is 2. The summed E-state index contributed by atoms with van der Waals surface area (Å²) >= 11 is 0. The third-order valence-electron chi connectivity index (χ3n) is 4.75. The van der Waals surface area contributed by atoms with Crippen LogP contribution in [0.25, 0.3) is 5.57 Å². The standard InChI is InChI=1S/C23H23NO4/c24-14-18-4-8-19(9-5-18)22-12-13-27-15-20(22)16-28-21-10-6-17(7-11-21)2-1-3-23(25)26/h4-11H,1-3,12-13,15-16H2,(H,25,26). The van der Waals surface area contributed by atoms with Gasteiger partial charge in [0.1, 0.15) is 12.4 Å². The number of aliphatic carboxylic acids is 1. The van der Waals surface area contributed by atoms with E-state index in [1.165, 1.54) is 5.57 Å². The summed E-state index contributed by atoms with van der Waals surface area (Å²) in [6.45, 7) is 1.68. The van der Waals surface area contributed by atoms with E-state index < -0.39 is 5.97 Å². The van der Waals surface area contributed by atoms with Gasteiger partial charge in [0.15, 0.2) is 0 Å². The number of rotatable bonds is 8. The van der Waals surface area contributed by atoms with Gasteiger partial charge in [-0.05, 0) is 65.8 Å². The van der Waals surface area contributed by atoms with Crippen molar-refractivity contribution in [3.63, 3.8) is 0 Å². The minimum absolute atomic E-state index is 0.185. The lowest BCUT2D eigenvalue weighted by molar-refractivity contribution is -0.137. The molecule has 0 spiro atoms. The van der Waals surface area contributed by atoms with E-state index in [0.29, 0.717) is 31.8 Å². The van der Waals surface area contributed by atoms with Crippen molar-refractivity contribution in [1.29, 1.82) is 5.26 Å². The van der Waals surface area contributed by atoms with Crippen molar-refractivity contribution < 1.29 is 19.4 Å². The van der Waals surface area contributed by atoms with Gasteiger partial charge in [-0.2, -0.15) is 5.26 Å². The van der Waals surface area contributed by atoms with Gasteiger partial charge in [-0.3, -0.25) is 4.79 Å². The highest BCUT2D eigenvalue weighted by atomic mass is 16.5. The zero-order chi connectivity index (χ0) is 19.8. The van der Waals surface area contributed by atoms with Crippen molar-refractivity contribution in [3.8, 4) is 11.8 Å². The quantitative estimate of drug-likeness (QED) is 0.745. The first kappa shape index (κ1) is 19.7. The number of carboxylic acid groups (broad SMARTS) is 1. The Bertz CT molecular complexity index is 876. The first-order chi connectivity index (χ1) is 13.7. The Balaban J connectivity index is 1.63. The van der Waals surface area contributed by atoms with Crippen molar-refractivity contribution in [1.82, 2.24) is 0 Å². The number of hydrogen-bond donors (Lipinski definition) is 1. The second kappa shape index (κ2) is 9.72. The molecule has 0 atom stereocenters. The van der Waals surface area contributed by atoms with Crippen molar-refractivity contribution in [2.45, 2.75) is 25.7 Å². The molecule has 28 heavy (non-hydrogen) atoms. The molecule has 144 valence electrons. The average molecular weight is 377 g/mol. The van der Waals surface area contributed by atoms with Crippen molar-refractivity contribution >= 4 is 11.5 Å². The van der Waals surface area contributed by atoms with Crippen LogP contribution in [-0.4, -0.2) is 30.9 Å². The van der Waals surface area contributed by atoms with Crippen molar-refractivity contribution in [2.75, 3.05) is 19.8 Å². The molecule has 0 radical (unpaired) electrons. The molecule has 5 heteroatoms. The van der Waals surface area contributed by atoms with Crippen LogP contribution in [0.1, 0.15) is 36.0 Å². The zero-order valence-electron chi connectivity index (χ0n) is 15.7. The first-order valence-electron chi connectivity index (χ1n) is 9.38. The second-order valence-corrected chi connectivity index (χ2v) is 6.75. The number of benzene rings is 2. The molecule has 1 heterocycles. The second-order valence-electron chi connectivity index (χ2n) is 6.75.